The highest BCUT2D eigenvalue weighted by molar-refractivity contribution is 7.86. The Morgan fingerprint density at radius 2 is 1.59 bits per heavy atom. The Morgan fingerprint density at radius 1 is 0.829 bits per heavy atom. The number of nitrogens with zero attached hydrogens (tertiary/aromatic N) is 1. The predicted molar refractivity (Wildman–Crippen MR) is 167 cm³/mol. The summed E-state index contributed by atoms with van der Waals surface area (Å²) in [5.41, 5.74) is 7.58. The van der Waals surface area contributed by atoms with Crippen molar-refractivity contribution in [3.05, 3.63) is 119 Å². The molecule has 1 aliphatic carbocycles. The minimum Gasteiger partial charge on any atom is -0.298 e. The molecule has 1 aliphatic heterocycles. The van der Waals surface area contributed by atoms with Gasteiger partial charge in [-0.2, -0.15) is 0 Å². The summed E-state index contributed by atoms with van der Waals surface area (Å²) in [6.45, 7) is 2.72. The maximum absolute atomic E-state index is 14.9. The van der Waals surface area contributed by atoms with Crippen LogP contribution in [0.1, 0.15) is 60.8 Å². The van der Waals surface area contributed by atoms with E-state index in [9.17, 15) is 8.60 Å². The topological polar surface area (TPSA) is 32.3 Å². The Labute approximate surface area is 246 Å². The molecule has 4 aromatic carbocycles. The second kappa shape index (κ2) is 13.1. The van der Waals surface area contributed by atoms with Crippen molar-refractivity contribution in [2.75, 3.05) is 11.3 Å². The summed E-state index contributed by atoms with van der Waals surface area (Å²) < 4.78 is 30.9. The van der Waals surface area contributed by atoms with Crippen molar-refractivity contribution in [1.29, 1.82) is 0 Å². The third-order valence-corrected chi connectivity index (χ3v) is 9.83. The van der Waals surface area contributed by atoms with E-state index < -0.39 is 11.0 Å². The van der Waals surface area contributed by atoms with Crippen LogP contribution >= 0.6 is 0 Å². The number of benzene rings is 4. The van der Waals surface area contributed by atoms with E-state index in [1.807, 2.05) is 24.3 Å². The van der Waals surface area contributed by atoms with E-state index in [4.69, 9.17) is 0 Å². The van der Waals surface area contributed by atoms with E-state index in [0.29, 0.717) is 10.6 Å². The minimum atomic E-state index is -1.52. The molecule has 0 radical (unpaired) electrons. The first kappa shape index (κ1) is 27.9. The van der Waals surface area contributed by atoms with E-state index in [1.54, 1.807) is 12.1 Å². The van der Waals surface area contributed by atoms with Crippen LogP contribution in [-0.2, 0) is 36.9 Å². The molecule has 6 rings (SSSR count). The number of hydrogen-bond donors (Lipinski definition) is 1. The number of aryl methyl sites for hydroxylation is 1. The van der Waals surface area contributed by atoms with Gasteiger partial charge in [-0.15, -0.1) is 0 Å². The summed E-state index contributed by atoms with van der Waals surface area (Å²) in [6, 6.07) is 30.6. The average Bonchev–Trinajstić information content (AvgIpc) is 3.53. The van der Waals surface area contributed by atoms with Crippen molar-refractivity contribution in [2.45, 2.75) is 69.4 Å². The molecule has 212 valence electrons. The summed E-state index contributed by atoms with van der Waals surface area (Å²) >= 11 is 0. The van der Waals surface area contributed by atoms with Gasteiger partial charge in [0.15, 0.2) is 0 Å². The zero-order valence-corrected chi connectivity index (χ0v) is 24.5. The Bertz CT molecular complexity index is 1480. The van der Waals surface area contributed by atoms with E-state index in [0.717, 1.165) is 50.4 Å². The molecule has 0 spiro atoms. The summed E-state index contributed by atoms with van der Waals surface area (Å²) in [4.78, 5) is 3.15. The van der Waals surface area contributed by atoms with Gasteiger partial charge in [-0.1, -0.05) is 98.8 Å². The van der Waals surface area contributed by atoms with E-state index in [1.165, 1.54) is 59.9 Å². The highest BCUT2D eigenvalue weighted by Crippen LogP contribution is 2.30. The lowest BCUT2D eigenvalue weighted by atomic mass is 9.98. The fourth-order valence-corrected chi connectivity index (χ4v) is 7.30. The molecule has 1 heterocycles. The Kier molecular flexibility index (Phi) is 8.93. The highest BCUT2D eigenvalue weighted by Gasteiger charge is 2.19. The fraction of sp³-hybridized carbons (Fsp3) is 0.333. The number of halogens is 1. The van der Waals surface area contributed by atoms with E-state index in [2.05, 4.69) is 64.2 Å². The van der Waals surface area contributed by atoms with Crippen molar-refractivity contribution >= 4 is 16.7 Å². The molecule has 41 heavy (non-hydrogen) atoms. The summed E-state index contributed by atoms with van der Waals surface area (Å²) in [5, 5.41) is 0. The molecule has 3 nitrogen and oxygen atoms in total. The van der Waals surface area contributed by atoms with Crippen molar-refractivity contribution < 1.29 is 8.60 Å². The lowest BCUT2D eigenvalue weighted by molar-refractivity contribution is 0.245. The molecule has 2 aliphatic rings. The van der Waals surface area contributed by atoms with Gasteiger partial charge in [0.25, 0.3) is 0 Å². The number of rotatable bonds is 10. The van der Waals surface area contributed by atoms with Gasteiger partial charge in [0.1, 0.15) is 16.8 Å². The second-order valence-electron chi connectivity index (χ2n) is 11.7. The molecule has 4 aromatic rings. The predicted octanol–water partition coefficient (Wildman–Crippen LogP) is 8.70. The number of hydrogen-bond acceptors (Lipinski definition) is 2. The zero-order chi connectivity index (χ0) is 28.0. The van der Waals surface area contributed by atoms with Gasteiger partial charge in [-0.05, 0) is 82.8 Å². The Hall–Kier alpha value is -3.28. The number of nitrogens with one attached hydrogen (secondary N) is 1. The summed E-state index contributed by atoms with van der Waals surface area (Å²) in [6.07, 6.45) is 9.60. The van der Waals surface area contributed by atoms with Crippen LogP contribution in [0, 0.1) is 11.7 Å². The van der Waals surface area contributed by atoms with Gasteiger partial charge in [0, 0.05) is 19.6 Å². The average molecular weight is 567 g/mol. The number of anilines is 1. The lowest BCUT2D eigenvalue weighted by Crippen LogP contribution is -2.30. The maximum Gasteiger partial charge on any atom is 0.150 e. The molecule has 0 bridgehead atoms. The normalized spacial score (nSPS) is 16.4. The van der Waals surface area contributed by atoms with Gasteiger partial charge in [-0.3, -0.25) is 9.62 Å². The maximum atomic E-state index is 14.9. The minimum absolute atomic E-state index is 0.296. The lowest BCUT2D eigenvalue weighted by Gasteiger charge is -2.29. The molecule has 1 saturated carbocycles. The standard InChI is InChI=1S/C36H39FN2OS/c37-35-23-28(10-6-9-27-7-4-5-8-27)15-20-36(35)38-41(40)34-19-18-33-26-39(22-21-32(33)24-34)25-29-13-16-31(17-14-29)30-11-2-1-3-12-30/h1-3,11-20,23-24,27,38H,4-10,21-22,25-26H2. The van der Waals surface area contributed by atoms with Crippen LogP contribution in [0.4, 0.5) is 10.1 Å². The third kappa shape index (κ3) is 7.14. The molecule has 1 N–H and O–H groups in total. The van der Waals surface area contributed by atoms with Crippen molar-refractivity contribution in [3.63, 3.8) is 0 Å². The van der Waals surface area contributed by atoms with Gasteiger partial charge >= 0.3 is 0 Å². The van der Waals surface area contributed by atoms with Crippen molar-refractivity contribution in [2.24, 2.45) is 5.92 Å². The van der Waals surface area contributed by atoms with Crippen molar-refractivity contribution in [3.8, 4) is 11.1 Å². The first-order valence-corrected chi connectivity index (χ1v) is 16.2. The fourth-order valence-electron chi connectivity index (χ4n) is 6.38. The van der Waals surface area contributed by atoms with Crippen LogP contribution in [0.2, 0.25) is 0 Å². The summed E-state index contributed by atoms with van der Waals surface area (Å²) in [7, 11) is -1.52. The molecule has 1 fully saturated rings. The molecule has 0 aromatic heterocycles. The van der Waals surface area contributed by atoms with Crippen LogP contribution in [0.25, 0.3) is 11.1 Å². The third-order valence-electron chi connectivity index (χ3n) is 8.74. The smallest absolute Gasteiger partial charge is 0.150 e. The second-order valence-corrected chi connectivity index (χ2v) is 12.9. The first-order chi connectivity index (χ1) is 20.1. The van der Waals surface area contributed by atoms with Gasteiger partial charge in [0.2, 0.25) is 0 Å². The zero-order valence-electron chi connectivity index (χ0n) is 23.7. The molecule has 1 atom stereocenters. The highest BCUT2D eigenvalue weighted by atomic mass is 32.2. The number of fused-ring (bicyclic) bond motifs is 1. The molecule has 1 unspecified atom stereocenters. The van der Waals surface area contributed by atoms with Crippen molar-refractivity contribution in [1.82, 2.24) is 4.90 Å². The van der Waals surface area contributed by atoms with E-state index in [-0.39, 0.29) is 5.82 Å². The molecular formula is C36H39FN2OS. The molecule has 0 saturated heterocycles. The van der Waals surface area contributed by atoms with Gasteiger partial charge in [-0.25, -0.2) is 8.60 Å². The Morgan fingerprint density at radius 3 is 2.37 bits per heavy atom. The molecule has 5 heteroatoms. The van der Waals surface area contributed by atoms with Crippen LogP contribution in [0.5, 0.6) is 0 Å². The van der Waals surface area contributed by atoms with Crippen LogP contribution in [0.15, 0.2) is 95.9 Å². The van der Waals surface area contributed by atoms with E-state index >= 15 is 0 Å². The molecule has 0 amide bonds. The first-order valence-electron chi connectivity index (χ1n) is 15.1. The SMILES string of the molecule is O=S(Nc1ccc(CCCC2CCCC2)cc1F)c1ccc2c(c1)CCN(Cc1ccc(-c3ccccc3)cc1)C2. The monoisotopic (exact) mass is 566 g/mol. The Balaban J connectivity index is 1.02. The van der Waals surface area contributed by atoms with Crippen LogP contribution in [0.3, 0.4) is 0 Å². The van der Waals surface area contributed by atoms with Gasteiger partial charge in [0.05, 0.1) is 10.6 Å². The van der Waals surface area contributed by atoms with Gasteiger partial charge < -0.3 is 0 Å². The quantitative estimate of drug-likeness (QED) is 0.208. The largest absolute Gasteiger partial charge is 0.298 e. The van der Waals surface area contributed by atoms with Crippen LogP contribution in [-0.4, -0.2) is 15.7 Å². The van der Waals surface area contributed by atoms with Crippen LogP contribution < -0.4 is 4.72 Å². The molecular weight excluding hydrogens is 527 g/mol. The summed E-state index contributed by atoms with van der Waals surface area (Å²) in [5.74, 6) is 0.530.